The smallest absolute Gasteiger partial charge is 0.303 e. The van der Waals surface area contributed by atoms with E-state index < -0.39 is 5.97 Å². The van der Waals surface area contributed by atoms with E-state index in [0.717, 1.165) is 11.1 Å². The standard InChI is InChI=1S/C16H21NO3/c1-11(2)9-12(3)16(20)17-14-6-4-5-13(10-14)7-8-15(18)19/h4-6,10,12H,1,7-9H2,2-3H3,(H,17,20)(H,18,19). The summed E-state index contributed by atoms with van der Waals surface area (Å²) in [5, 5.41) is 11.5. The van der Waals surface area contributed by atoms with Gasteiger partial charge >= 0.3 is 5.97 Å². The molecule has 2 N–H and O–H groups in total. The highest BCUT2D eigenvalue weighted by Crippen LogP contribution is 2.16. The number of carboxylic acids is 1. The lowest BCUT2D eigenvalue weighted by molar-refractivity contribution is -0.137. The predicted molar refractivity (Wildman–Crippen MR) is 79.6 cm³/mol. The number of carboxylic acid groups (broad SMARTS) is 1. The second-order valence-corrected chi connectivity index (χ2v) is 5.15. The molecule has 20 heavy (non-hydrogen) atoms. The second-order valence-electron chi connectivity index (χ2n) is 5.15. The Bertz CT molecular complexity index is 508. The third-order valence-electron chi connectivity index (χ3n) is 2.92. The summed E-state index contributed by atoms with van der Waals surface area (Å²) in [7, 11) is 0. The van der Waals surface area contributed by atoms with Crippen LogP contribution in [0.4, 0.5) is 5.69 Å². The van der Waals surface area contributed by atoms with Gasteiger partial charge in [0.1, 0.15) is 0 Å². The van der Waals surface area contributed by atoms with E-state index in [2.05, 4.69) is 11.9 Å². The maximum atomic E-state index is 12.0. The van der Waals surface area contributed by atoms with Gasteiger partial charge < -0.3 is 10.4 Å². The van der Waals surface area contributed by atoms with E-state index in [9.17, 15) is 9.59 Å². The van der Waals surface area contributed by atoms with E-state index >= 15 is 0 Å². The lowest BCUT2D eigenvalue weighted by Crippen LogP contribution is -2.20. The molecule has 0 aliphatic heterocycles. The molecule has 0 radical (unpaired) electrons. The molecule has 0 heterocycles. The van der Waals surface area contributed by atoms with Crippen molar-refractivity contribution >= 4 is 17.6 Å². The van der Waals surface area contributed by atoms with Crippen molar-refractivity contribution in [1.82, 2.24) is 0 Å². The van der Waals surface area contributed by atoms with Gasteiger partial charge in [0.05, 0.1) is 0 Å². The number of allylic oxidation sites excluding steroid dienone is 1. The average molecular weight is 275 g/mol. The van der Waals surface area contributed by atoms with E-state index in [1.807, 2.05) is 32.0 Å². The number of benzene rings is 1. The van der Waals surface area contributed by atoms with Crippen molar-refractivity contribution in [2.45, 2.75) is 33.1 Å². The second kappa shape index (κ2) is 7.48. The zero-order chi connectivity index (χ0) is 15.1. The molecule has 0 bridgehead atoms. The van der Waals surface area contributed by atoms with Crippen molar-refractivity contribution in [2.24, 2.45) is 5.92 Å². The molecular formula is C16H21NO3. The van der Waals surface area contributed by atoms with Crippen molar-refractivity contribution in [3.8, 4) is 0 Å². The average Bonchev–Trinajstić information content (AvgIpc) is 2.36. The topological polar surface area (TPSA) is 66.4 Å². The summed E-state index contributed by atoms with van der Waals surface area (Å²) in [5.41, 5.74) is 2.58. The molecule has 0 fully saturated rings. The van der Waals surface area contributed by atoms with Crippen molar-refractivity contribution < 1.29 is 14.7 Å². The van der Waals surface area contributed by atoms with Gasteiger partial charge in [-0.25, -0.2) is 0 Å². The lowest BCUT2D eigenvalue weighted by atomic mass is 10.0. The first kappa shape index (κ1) is 16.0. The minimum atomic E-state index is -0.825. The summed E-state index contributed by atoms with van der Waals surface area (Å²) in [6, 6.07) is 7.29. The highest BCUT2D eigenvalue weighted by molar-refractivity contribution is 5.92. The molecule has 1 unspecified atom stereocenters. The van der Waals surface area contributed by atoms with E-state index in [1.54, 1.807) is 6.07 Å². The van der Waals surface area contributed by atoms with Gasteiger partial charge in [0, 0.05) is 18.0 Å². The van der Waals surface area contributed by atoms with Crippen LogP contribution >= 0.6 is 0 Å². The van der Waals surface area contributed by atoms with Crippen molar-refractivity contribution in [3.63, 3.8) is 0 Å². The maximum Gasteiger partial charge on any atom is 0.303 e. The molecule has 4 nitrogen and oxygen atoms in total. The number of aryl methyl sites for hydroxylation is 1. The SMILES string of the molecule is C=C(C)CC(C)C(=O)Nc1cccc(CCC(=O)O)c1. The number of carbonyl (C=O) groups excluding carboxylic acids is 1. The van der Waals surface area contributed by atoms with Crippen molar-refractivity contribution in [1.29, 1.82) is 0 Å². The van der Waals surface area contributed by atoms with Gasteiger partial charge in [-0.15, -0.1) is 6.58 Å². The molecule has 108 valence electrons. The molecule has 0 saturated heterocycles. The first-order valence-electron chi connectivity index (χ1n) is 6.64. The summed E-state index contributed by atoms with van der Waals surface area (Å²) in [4.78, 5) is 22.5. The van der Waals surface area contributed by atoms with Crippen LogP contribution < -0.4 is 5.32 Å². The Labute approximate surface area is 119 Å². The number of hydrogen-bond acceptors (Lipinski definition) is 2. The normalized spacial score (nSPS) is 11.7. The minimum absolute atomic E-state index is 0.0524. The van der Waals surface area contributed by atoms with Crippen LogP contribution in [-0.2, 0) is 16.0 Å². The molecular weight excluding hydrogens is 254 g/mol. The zero-order valence-electron chi connectivity index (χ0n) is 12.0. The van der Waals surface area contributed by atoms with E-state index in [1.165, 1.54) is 0 Å². The first-order valence-corrected chi connectivity index (χ1v) is 6.64. The zero-order valence-corrected chi connectivity index (χ0v) is 12.0. The fourth-order valence-corrected chi connectivity index (χ4v) is 1.94. The molecule has 0 spiro atoms. The number of aliphatic carboxylic acids is 1. The Morgan fingerprint density at radius 3 is 2.70 bits per heavy atom. The van der Waals surface area contributed by atoms with E-state index in [0.29, 0.717) is 18.5 Å². The molecule has 1 rings (SSSR count). The van der Waals surface area contributed by atoms with Crippen LogP contribution in [0.15, 0.2) is 36.4 Å². The summed E-state index contributed by atoms with van der Waals surface area (Å²) in [6.07, 6.45) is 1.20. The molecule has 1 amide bonds. The number of hydrogen-bond donors (Lipinski definition) is 2. The van der Waals surface area contributed by atoms with Crippen LogP contribution in [0.2, 0.25) is 0 Å². The van der Waals surface area contributed by atoms with Gasteiger partial charge in [-0.3, -0.25) is 9.59 Å². The third-order valence-corrected chi connectivity index (χ3v) is 2.92. The number of amides is 1. The van der Waals surface area contributed by atoms with E-state index in [4.69, 9.17) is 5.11 Å². The van der Waals surface area contributed by atoms with Gasteiger partial charge in [0.2, 0.25) is 5.91 Å². The third kappa shape index (κ3) is 5.69. The summed E-state index contributed by atoms with van der Waals surface area (Å²) >= 11 is 0. The van der Waals surface area contributed by atoms with Crippen molar-refractivity contribution in [2.75, 3.05) is 5.32 Å². The number of rotatable bonds is 7. The Morgan fingerprint density at radius 1 is 1.40 bits per heavy atom. The Kier molecular flexibility index (Phi) is 5.97. The van der Waals surface area contributed by atoms with Crippen LogP contribution in [0.1, 0.15) is 32.3 Å². The molecule has 0 saturated carbocycles. The van der Waals surface area contributed by atoms with Gasteiger partial charge in [0.15, 0.2) is 0 Å². The molecule has 4 heteroatoms. The summed E-state index contributed by atoms with van der Waals surface area (Å²) in [5.74, 6) is -1.01. The van der Waals surface area contributed by atoms with Gasteiger partial charge in [0.25, 0.3) is 0 Å². The van der Waals surface area contributed by atoms with Gasteiger partial charge in [-0.1, -0.05) is 24.6 Å². The van der Waals surface area contributed by atoms with Crippen molar-refractivity contribution in [3.05, 3.63) is 42.0 Å². The van der Waals surface area contributed by atoms with Crippen LogP contribution in [0.25, 0.3) is 0 Å². The maximum absolute atomic E-state index is 12.0. The fourth-order valence-electron chi connectivity index (χ4n) is 1.94. The molecule has 1 atom stereocenters. The number of anilines is 1. The molecule has 1 aromatic carbocycles. The Balaban J connectivity index is 2.63. The Hall–Kier alpha value is -2.10. The monoisotopic (exact) mass is 275 g/mol. The van der Waals surface area contributed by atoms with Crippen LogP contribution in [0.3, 0.4) is 0 Å². The predicted octanol–water partition coefficient (Wildman–Crippen LogP) is 3.24. The van der Waals surface area contributed by atoms with Gasteiger partial charge in [-0.2, -0.15) is 0 Å². The van der Waals surface area contributed by atoms with E-state index in [-0.39, 0.29) is 18.2 Å². The van der Waals surface area contributed by atoms with Gasteiger partial charge in [-0.05, 0) is 37.5 Å². The molecule has 0 aliphatic rings. The molecule has 1 aromatic rings. The molecule has 0 aromatic heterocycles. The summed E-state index contributed by atoms with van der Waals surface area (Å²) < 4.78 is 0. The molecule has 0 aliphatic carbocycles. The van der Waals surface area contributed by atoms with Crippen LogP contribution in [0, 0.1) is 5.92 Å². The quantitative estimate of drug-likeness (QED) is 0.751. The summed E-state index contributed by atoms with van der Waals surface area (Å²) in [6.45, 7) is 7.56. The number of carbonyl (C=O) groups is 2. The fraction of sp³-hybridized carbons (Fsp3) is 0.375. The van der Waals surface area contributed by atoms with Crippen LogP contribution in [-0.4, -0.2) is 17.0 Å². The Morgan fingerprint density at radius 2 is 2.10 bits per heavy atom. The minimum Gasteiger partial charge on any atom is -0.481 e. The number of nitrogens with one attached hydrogen (secondary N) is 1. The first-order chi connectivity index (χ1) is 9.38. The highest BCUT2D eigenvalue weighted by atomic mass is 16.4. The largest absolute Gasteiger partial charge is 0.481 e. The lowest BCUT2D eigenvalue weighted by Gasteiger charge is -2.12. The highest BCUT2D eigenvalue weighted by Gasteiger charge is 2.13. The van der Waals surface area contributed by atoms with Crippen LogP contribution in [0.5, 0.6) is 0 Å².